The number of nitrogens with zero attached hydrogens (tertiary/aromatic N) is 1. The van der Waals surface area contributed by atoms with E-state index in [2.05, 4.69) is 21.6 Å². The van der Waals surface area contributed by atoms with Gasteiger partial charge in [0.15, 0.2) is 0 Å². The summed E-state index contributed by atoms with van der Waals surface area (Å²) in [7, 11) is 0. The highest BCUT2D eigenvalue weighted by Gasteiger charge is 2.08. The van der Waals surface area contributed by atoms with Crippen LogP contribution in [0, 0.1) is 0 Å². The number of thiophene rings is 1. The third-order valence-electron chi connectivity index (χ3n) is 2.84. The number of hydrogen-bond donors (Lipinski definition) is 3. The number of aromatic nitrogens is 2. The largest absolute Gasteiger partial charge is 0.508 e. The lowest BCUT2D eigenvalue weighted by Gasteiger charge is -2.06. The summed E-state index contributed by atoms with van der Waals surface area (Å²) in [5.74, 6) is 0.271. The van der Waals surface area contributed by atoms with E-state index in [1.807, 2.05) is 29.8 Å². The van der Waals surface area contributed by atoms with Gasteiger partial charge in [-0.1, -0.05) is 6.07 Å². The number of anilines is 1. The highest BCUT2D eigenvalue weighted by atomic mass is 32.1. The molecule has 96 valence electrons. The Labute approximate surface area is 114 Å². The molecule has 4 nitrogen and oxygen atoms in total. The summed E-state index contributed by atoms with van der Waals surface area (Å²) < 4.78 is 0. The number of hydrogen-bond acceptors (Lipinski definition) is 4. The Hall–Kier alpha value is -2.27. The minimum Gasteiger partial charge on any atom is -0.508 e. The van der Waals surface area contributed by atoms with Gasteiger partial charge in [0.25, 0.3) is 0 Å². The van der Waals surface area contributed by atoms with E-state index in [0.29, 0.717) is 6.54 Å². The van der Waals surface area contributed by atoms with Crippen molar-refractivity contribution in [3.05, 3.63) is 53.5 Å². The first-order valence-electron chi connectivity index (χ1n) is 5.92. The van der Waals surface area contributed by atoms with E-state index in [4.69, 9.17) is 0 Å². The molecule has 3 aromatic rings. The van der Waals surface area contributed by atoms with Crippen molar-refractivity contribution in [1.82, 2.24) is 10.2 Å². The number of rotatable bonds is 4. The molecule has 0 amide bonds. The van der Waals surface area contributed by atoms with Crippen molar-refractivity contribution in [2.45, 2.75) is 6.54 Å². The molecule has 19 heavy (non-hydrogen) atoms. The normalized spacial score (nSPS) is 10.5. The highest BCUT2D eigenvalue weighted by Crippen LogP contribution is 2.26. The third-order valence-corrected chi connectivity index (χ3v) is 3.72. The van der Waals surface area contributed by atoms with Crippen LogP contribution < -0.4 is 5.32 Å². The smallest absolute Gasteiger partial charge is 0.115 e. The number of H-pyrrole nitrogens is 1. The van der Waals surface area contributed by atoms with E-state index in [9.17, 15) is 5.11 Å². The van der Waals surface area contributed by atoms with Gasteiger partial charge in [-0.2, -0.15) is 5.10 Å². The fraction of sp³-hybridized carbons (Fsp3) is 0.0714. The molecule has 2 heterocycles. The molecule has 0 atom stereocenters. The first-order valence-corrected chi connectivity index (χ1v) is 6.80. The second kappa shape index (κ2) is 5.16. The Morgan fingerprint density at radius 2 is 2.05 bits per heavy atom. The molecule has 0 fully saturated rings. The lowest BCUT2D eigenvalue weighted by molar-refractivity contribution is 0.475. The molecule has 0 unspecified atom stereocenters. The van der Waals surface area contributed by atoms with Crippen LogP contribution in [0.4, 0.5) is 5.69 Å². The van der Waals surface area contributed by atoms with E-state index in [1.54, 1.807) is 23.5 Å². The van der Waals surface area contributed by atoms with E-state index in [1.165, 1.54) is 4.88 Å². The predicted molar refractivity (Wildman–Crippen MR) is 77.3 cm³/mol. The second-order valence-electron chi connectivity index (χ2n) is 4.15. The SMILES string of the molecule is Oc1ccc(NCc2cn[nH]c2-c2cccs2)cc1. The van der Waals surface area contributed by atoms with Gasteiger partial charge in [-0.25, -0.2) is 0 Å². The number of aromatic hydroxyl groups is 1. The minimum absolute atomic E-state index is 0.271. The Bertz CT molecular complexity index is 644. The van der Waals surface area contributed by atoms with E-state index < -0.39 is 0 Å². The molecule has 0 saturated carbocycles. The molecule has 0 saturated heterocycles. The molecule has 5 heteroatoms. The average Bonchev–Trinajstić information content (AvgIpc) is 3.08. The van der Waals surface area contributed by atoms with Crippen LogP contribution >= 0.6 is 11.3 Å². The molecule has 0 radical (unpaired) electrons. The van der Waals surface area contributed by atoms with Crippen molar-refractivity contribution in [1.29, 1.82) is 0 Å². The lowest BCUT2D eigenvalue weighted by atomic mass is 10.2. The number of nitrogens with one attached hydrogen (secondary N) is 2. The Balaban J connectivity index is 1.74. The van der Waals surface area contributed by atoms with Gasteiger partial charge in [0.05, 0.1) is 16.8 Å². The van der Waals surface area contributed by atoms with Crippen LogP contribution in [0.25, 0.3) is 10.6 Å². The Morgan fingerprint density at radius 1 is 1.21 bits per heavy atom. The van der Waals surface area contributed by atoms with E-state index in [0.717, 1.165) is 16.9 Å². The Kier molecular flexibility index (Phi) is 3.20. The monoisotopic (exact) mass is 271 g/mol. The number of benzene rings is 1. The molecule has 0 aliphatic rings. The van der Waals surface area contributed by atoms with Gasteiger partial charge < -0.3 is 10.4 Å². The van der Waals surface area contributed by atoms with Crippen LogP contribution in [0.2, 0.25) is 0 Å². The number of aromatic amines is 1. The van der Waals surface area contributed by atoms with Gasteiger partial charge in [-0.15, -0.1) is 11.3 Å². The van der Waals surface area contributed by atoms with Crippen molar-refractivity contribution >= 4 is 17.0 Å². The van der Waals surface area contributed by atoms with Crippen molar-refractivity contribution < 1.29 is 5.11 Å². The summed E-state index contributed by atoms with van der Waals surface area (Å²) in [6, 6.07) is 11.1. The summed E-state index contributed by atoms with van der Waals surface area (Å²) in [6.45, 7) is 0.689. The van der Waals surface area contributed by atoms with Crippen molar-refractivity contribution in [3.63, 3.8) is 0 Å². The quantitative estimate of drug-likeness (QED) is 0.637. The van der Waals surface area contributed by atoms with Crippen LogP contribution in [0.15, 0.2) is 48.0 Å². The molecule has 0 bridgehead atoms. The predicted octanol–water partition coefficient (Wildman–Crippen LogP) is 3.46. The molecule has 0 aliphatic carbocycles. The zero-order chi connectivity index (χ0) is 13.1. The van der Waals surface area contributed by atoms with Crippen LogP contribution in [0.1, 0.15) is 5.56 Å². The van der Waals surface area contributed by atoms with Gasteiger partial charge in [-0.3, -0.25) is 5.10 Å². The van der Waals surface area contributed by atoms with Crippen molar-refractivity contribution in [2.24, 2.45) is 0 Å². The first kappa shape index (κ1) is 11.8. The topological polar surface area (TPSA) is 60.9 Å². The molecular weight excluding hydrogens is 258 g/mol. The van der Waals surface area contributed by atoms with Crippen molar-refractivity contribution in [2.75, 3.05) is 5.32 Å². The molecule has 1 aromatic carbocycles. The molecule has 0 aliphatic heterocycles. The standard InChI is InChI=1S/C14H13N3OS/c18-12-5-3-11(4-6-12)15-8-10-9-16-17-14(10)13-2-1-7-19-13/h1-7,9,15,18H,8H2,(H,16,17). The van der Waals surface area contributed by atoms with E-state index in [-0.39, 0.29) is 5.75 Å². The van der Waals surface area contributed by atoms with Gasteiger partial charge in [0, 0.05) is 17.8 Å². The van der Waals surface area contributed by atoms with E-state index >= 15 is 0 Å². The fourth-order valence-electron chi connectivity index (χ4n) is 1.86. The maximum atomic E-state index is 9.24. The van der Waals surface area contributed by atoms with Gasteiger partial charge >= 0.3 is 0 Å². The molecule has 3 N–H and O–H groups in total. The zero-order valence-corrected chi connectivity index (χ0v) is 10.9. The lowest BCUT2D eigenvalue weighted by Crippen LogP contribution is -1.99. The first-order chi connectivity index (χ1) is 9.33. The summed E-state index contributed by atoms with van der Waals surface area (Å²) in [5, 5.41) is 21.7. The zero-order valence-electron chi connectivity index (χ0n) is 10.1. The van der Waals surface area contributed by atoms with Gasteiger partial charge in [-0.05, 0) is 35.7 Å². The van der Waals surface area contributed by atoms with Crippen LogP contribution in [0.5, 0.6) is 5.75 Å². The summed E-state index contributed by atoms with van der Waals surface area (Å²) in [5.41, 5.74) is 3.15. The van der Waals surface area contributed by atoms with Gasteiger partial charge in [0.1, 0.15) is 5.75 Å². The maximum Gasteiger partial charge on any atom is 0.115 e. The molecule has 0 spiro atoms. The minimum atomic E-state index is 0.271. The summed E-state index contributed by atoms with van der Waals surface area (Å²) in [6.07, 6.45) is 1.84. The van der Waals surface area contributed by atoms with Crippen LogP contribution in [-0.4, -0.2) is 15.3 Å². The Morgan fingerprint density at radius 3 is 2.79 bits per heavy atom. The molecular formula is C14H13N3OS. The average molecular weight is 271 g/mol. The fourth-order valence-corrected chi connectivity index (χ4v) is 2.61. The second-order valence-corrected chi connectivity index (χ2v) is 5.10. The molecule has 3 rings (SSSR count). The van der Waals surface area contributed by atoms with Crippen molar-refractivity contribution in [3.8, 4) is 16.3 Å². The molecule has 2 aromatic heterocycles. The summed E-state index contributed by atoms with van der Waals surface area (Å²) >= 11 is 1.69. The third kappa shape index (κ3) is 2.61. The maximum absolute atomic E-state index is 9.24. The van der Waals surface area contributed by atoms with Crippen LogP contribution in [-0.2, 0) is 6.54 Å². The number of phenols is 1. The van der Waals surface area contributed by atoms with Crippen LogP contribution in [0.3, 0.4) is 0 Å². The number of phenolic OH excluding ortho intramolecular Hbond substituents is 1. The summed E-state index contributed by atoms with van der Waals surface area (Å²) in [4.78, 5) is 1.18. The highest BCUT2D eigenvalue weighted by molar-refractivity contribution is 7.13. The van der Waals surface area contributed by atoms with Gasteiger partial charge in [0.2, 0.25) is 0 Å².